The molecule has 18 heavy (non-hydrogen) atoms. The molecule has 3 amide bonds. The Bertz CT molecular complexity index is 360. The normalized spacial score (nSPS) is 33.1. The number of urea groups is 1. The predicted molar refractivity (Wildman–Crippen MR) is 63.6 cm³/mol. The average molecular weight is 253 g/mol. The Labute approximate surface area is 106 Å². The number of hydrogen-bond donors (Lipinski definition) is 0. The van der Waals surface area contributed by atoms with Crippen molar-refractivity contribution in [2.45, 2.75) is 37.8 Å². The van der Waals surface area contributed by atoms with Crippen LogP contribution in [0.4, 0.5) is 4.79 Å². The number of carbonyl (C=O) groups is 2. The number of rotatable bonds is 1. The van der Waals surface area contributed by atoms with Crippen molar-refractivity contribution in [1.29, 1.82) is 0 Å². The first-order valence-electron chi connectivity index (χ1n) is 6.66. The number of hydrogen-bond acceptors (Lipinski definition) is 4. The van der Waals surface area contributed by atoms with E-state index >= 15 is 0 Å². The third kappa shape index (κ3) is 1.89. The second-order valence-corrected chi connectivity index (χ2v) is 5.31. The Hall–Kier alpha value is -1.14. The number of nitrogens with zero attached hydrogens (tertiary/aromatic N) is 3. The first-order valence-corrected chi connectivity index (χ1v) is 6.66. The van der Waals surface area contributed by atoms with Crippen molar-refractivity contribution in [3.05, 3.63) is 0 Å². The van der Waals surface area contributed by atoms with Gasteiger partial charge in [-0.05, 0) is 12.8 Å². The van der Waals surface area contributed by atoms with Crippen molar-refractivity contribution >= 4 is 11.9 Å². The van der Waals surface area contributed by atoms with E-state index in [1.165, 1.54) is 11.3 Å². The monoisotopic (exact) mass is 253 g/mol. The third-order valence-corrected chi connectivity index (χ3v) is 4.08. The van der Waals surface area contributed by atoms with Gasteiger partial charge in [-0.15, -0.1) is 0 Å². The molecule has 3 aliphatic rings. The lowest BCUT2D eigenvalue weighted by Crippen LogP contribution is -2.41. The number of hydroxylamine groups is 2. The lowest BCUT2D eigenvalue weighted by molar-refractivity contribution is -0.183. The molecule has 6 heteroatoms. The fourth-order valence-electron chi connectivity index (χ4n) is 2.97. The van der Waals surface area contributed by atoms with Crippen molar-refractivity contribution in [3.63, 3.8) is 0 Å². The first-order chi connectivity index (χ1) is 8.66. The lowest BCUT2D eigenvalue weighted by atomic mass is 10.0. The summed E-state index contributed by atoms with van der Waals surface area (Å²) in [5.74, 6) is -0.168. The van der Waals surface area contributed by atoms with Crippen LogP contribution in [0.3, 0.4) is 0 Å². The fraction of sp³-hybridized carbons (Fsp3) is 0.833. The quantitative estimate of drug-likeness (QED) is 0.680. The summed E-state index contributed by atoms with van der Waals surface area (Å²) in [4.78, 5) is 32.6. The molecule has 2 unspecified atom stereocenters. The maximum atomic E-state index is 12.3. The molecule has 0 radical (unpaired) electrons. The second kappa shape index (κ2) is 4.51. The van der Waals surface area contributed by atoms with Gasteiger partial charge in [0.1, 0.15) is 0 Å². The molecule has 0 spiro atoms. The maximum Gasteiger partial charge on any atom is 0.326 e. The molecule has 0 aliphatic carbocycles. The van der Waals surface area contributed by atoms with Gasteiger partial charge in [-0.3, -0.25) is 14.5 Å². The van der Waals surface area contributed by atoms with Crippen LogP contribution in [-0.4, -0.2) is 65.6 Å². The Morgan fingerprint density at radius 2 is 2.11 bits per heavy atom. The molecule has 0 aromatic heterocycles. The van der Waals surface area contributed by atoms with E-state index in [2.05, 4.69) is 0 Å². The molecule has 3 heterocycles. The van der Waals surface area contributed by atoms with E-state index < -0.39 is 6.10 Å². The van der Waals surface area contributed by atoms with Crippen molar-refractivity contribution in [2.24, 2.45) is 0 Å². The van der Waals surface area contributed by atoms with Crippen LogP contribution in [0.2, 0.25) is 0 Å². The number of imide groups is 1. The minimum atomic E-state index is -0.455. The Balaban J connectivity index is 1.65. The number of piperidine rings is 1. The third-order valence-electron chi connectivity index (χ3n) is 4.08. The number of likely N-dealkylation sites (N-methyl/N-ethyl adjacent to an activating group) is 1. The molecule has 3 saturated heterocycles. The minimum Gasteiger partial charge on any atom is -0.326 e. The summed E-state index contributed by atoms with van der Waals surface area (Å²) in [5.41, 5.74) is 0. The standard InChI is InChI=1S/C12H19N3O3/c1-13-6-7-14(12(13)17)11(16)10-8-9-4-2-3-5-15(9)18-10/h9-10H,2-8H2,1H3. The van der Waals surface area contributed by atoms with E-state index in [9.17, 15) is 9.59 Å². The van der Waals surface area contributed by atoms with Gasteiger partial charge in [-0.1, -0.05) is 6.42 Å². The van der Waals surface area contributed by atoms with Gasteiger partial charge in [0.25, 0.3) is 5.91 Å². The van der Waals surface area contributed by atoms with Crippen LogP contribution in [0.15, 0.2) is 0 Å². The molecular weight excluding hydrogens is 234 g/mol. The van der Waals surface area contributed by atoms with Gasteiger partial charge in [0, 0.05) is 39.1 Å². The van der Waals surface area contributed by atoms with E-state index in [-0.39, 0.29) is 11.9 Å². The first kappa shape index (κ1) is 11.9. The molecule has 6 nitrogen and oxygen atoms in total. The van der Waals surface area contributed by atoms with Gasteiger partial charge in [-0.25, -0.2) is 4.79 Å². The lowest BCUT2D eigenvalue weighted by Gasteiger charge is -2.26. The summed E-state index contributed by atoms with van der Waals surface area (Å²) >= 11 is 0. The molecule has 0 saturated carbocycles. The molecule has 3 fully saturated rings. The zero-order chi connectivity index (χ0) is 12.7. The van der Waals surface area contributed by atoms with Crippen molar-refractivity contribution < 1.29 is 14.4 Å². The smallest absolute Gasteiger partial charge is 0.326 e. The SMILES string of the molecule is CN1CCN(C(=O)C2CC3CCCCN3O2)C1=O. The van der Waals surface area contributed by atoms with Crippen LogP contribution in [-0.2, 0) is 9.63 Å². The van der Waals surface area contributed by atoms with Gasteiger partial charge in [-0.2, -0.15) is 5.06 Å². The molecule has 100 valence electrons. The second-order valence-electron chi connectivity index (χ2n) is 5.31. The van der Waals surface area contributed by atoms with Crippen LogP contribution in [0.1, 0.15) is 25.7 Å². The number of amides is 3. The largest absolute Gasteiger partial charge is 0.326 e. The van der Waals surface area contributed by atoms with Crippen molar-refractivity contribution in [2.75, 3.05) is 26.7 Å². The van der Waals surface area contributed by atoms with E-state index in [1.54, 1.807) is 11.9 Å². The summed E-state index contributed by atoms with van der Waals surface area (Å²) < 4.78 is 0. The van der Waals surface area contributed by atoms with Crippen LogP contribution >= 0.6 is 0 Å². The van der Waals surface area contributed by atoms with Gasteiger partial charge < -0.3 is 4.90 Å². The van der Waals surface area contributed by atoms with E-state index in [0.29, 0.717) is 19.1 Å². The number of carbonyl (C=O) groups excluding carboxylic acids is 2. The molecular formula is C12H19N3O3. The predicted octanol–water partition coefficient (Wildman–Crippen LogP) is 0.439. The molecule has 2 atom stereocenters. The maximum absolute atomic E-state index is 12.3. The highest BCUT2D eigenvalue weighted by Gasteiger charge is 2.43. The molecule has 0 bridgehead atoms. The van der Waals surface area contributed by atoms with Crippen LogP contribution in [0.25, 0.3) is 0 Å². The van der Waals surface area contributed by atoms with Crippen LogP contribution in [0.5, 0.6) is 0 Å². The topological polar surface area (TPSA) is 53.1 Å². The summed E-state index contributed by atoms with van der Waals surface area (Å²) in [6.07, 6.45) is 3.70. The van der Waals surface area contributed by atoms with Crippen molar-refractivity contribution in [3.8, 4) is 0 Å². The summed E-state index contributed by atoms with van der Waals surface area (Å²) in [7, 11) is 1.72. The van der Waals surface area contributed by atoms with Crippen molar-refractivity contribution in [1.82, 2.24) is 14.9 Å². The van der Waals surface area contributed by atoms with Gasteiger partial charge in [0.2, 0.25) is 0 Å². The molecule has 3 rings (SSSR count). The zero-order valence-corrected chi connectivity index (χ0v) is 10.7. The fourth-order valence-corrected chi connectivity index (χ4v) is 2.97. The highest BCUT2D eigenvalue weighted by Crippen LogP contribution is 2.30. The Morgan fingerprint density at radius 1 is 1.28 bits per heavy atom. The Morgan fingerprint density at radius 3 is 2.78 bits per heavy atom. The van der Waals surface area contributed by atoms with Gasteiger partial charge >= 0.3 is 6.03 Å². The zero-order valence-electron chi connectivity index (χ0n) is 10.7. The molecule has 0 aromatic carbocycles. The van der Waals surface area contributed by atoms with E-state index in [1.807, 2.05) is 5.06 Å². The average Bonchev–Trinajstić information content (AvgIpc) is 2.94. The van der Waals surface area contributed by atoms with E-state index in [0.717, 1.165) is 25.8 Å². The molecule has 0 aromatic rings. The summed E-state index contributed by atoms with van der Waals surface area (Å²) in [6.45, 7) is 2.01. The minimum absolute atomic E-state index is 0.168. The summed E-state index contributed by atoms with van der Waals surface area (Å²) in [6, 6.07) is 0.164. The highest BCUT2D eigenvalue weighted by molar-refractivity contribution is 5.97. The van der Waals surface area contributed by atoms with Gasteiger partial charge in [0.05, 0.1) is 0 Å². The van der Waals surface area contributed by atoms with Crippen LogP contribution < -0.4 is 0 Å². The summed E-state index contributed by atoms with van der Waals surface area (Å²) in [5, 5.41) is 1.94. The molecule has 3 aliphatic heterocycles. The van der Waals surface area contributed by atoms with Crippen LogP contribution in [0, 0.1) is 0 Å². The van der Waals surface area contributed by atoms with Gasteiger partial charge in [0.15, 0.2) is 6.10 Å². The molecule has 0 N–H and O–H groups in total. The van der Waals surface area contributed by atoms with E-state index in [4.69, 9.17) is 4.84 Å². The number of fused-ring (bicyclic) bond motifs is 1. The Kier molecular flexibility index (Phi) is 2.99. The highest BCUT2D eigenvalue weighted by atomic mass is 16.7.